The van der Waals surface area contributed by atoms with Crippen LogP contribution < -0.4 is 10.5 Å². The number of sulfone groups is 1. The van der Waals surface area contributed by atoms with E-state index in [-0.39, 0.29) is 29.0 Å². The van der Waals surface area contributed by atoms with Gasteiger partial charge in [-0.05, 0) is 37.0 Å². The van der Waals surface area contributed by atoms with Gasteiger partial charge in [-0.15, -0.1) is 0 Å². The molecule has 1 heterocycles. The van der Waals surface area contributed by atoms with Gasteiger partial charge in [-0.2, -0.15) is 0 Å². The summed E-state index contributed by atoms with van der Waals surface area (Å²) >= 11 is 0. The molecule has 0 atom stereocenters. The van der Waals surface area contributed by atoms with E-state index in [2.05, 4.69) is 4.72 Å². The predicted octanol–water partition coefficient (Wildman–Crippen LogP) is 0.309. The Bertz CT molecular complexity index is 713. The molecule has 0 radical (unpaired) electrons. The molecule has 1 saturated heterocycles. The van der Waals surface area contributed by atoms with Gasteiger partial charge in [-0.1, -0.05) is 12.1 Å². The number of nitrogens with one attached hydrogen (secondary N) is 1. The zero-order valence-electron chi connectivity index (χ0n) is 11.9. The van der Waals surface area contributed by atoms with Crippen LogP contribution >= 0.6 is 0 Å². The average Bonchev–Trinajstić information content (AvgIpc) is 2.41. The van der Waals surface area contributed by atoms with Crippen molar-refractivity contribution in [3.8, 4) is 0 Å². The second-order valence-corrected chi connectivity index (χ2v) is 9.34. The molecule has 3 N–H and O–H groups in total. The second kappa shape index (κ2) is 6.04. The molecule has 1 aromatic carbocycles. The first-order chi connectivity index (χ1) is 9.73. The first kappa shape index (κ1) is 16.4. The van der Waals surface area contributed by atoms with E-state index in [0.717, 1.165) is 5.56 Å². The molecule has 2 rings (SSSR count). The van der Waals surface area contributed by atoms with Gasteiger partial charge in [0, 0.05) is 12.6 Å². The van der Waals surface area contributed by atoms with Crippen molar-refractivity contribution in [3.63, 3.8) is 0 Å². The highest BCUT2D eigenvalue weighted by molar-refractivity contribution is 7.91. The summed E-state index contributed by atoms with van der Waals surface area (Å²) in [5.41, 5.74) is 6.93. The monoisotopic (exact) mass is 332 g/mol. The summed E-state index contributed by atoms with van der Waals surface area (Å²) in [6.07, 6.45) is 0.633. The largest absolute Gasteiger partial charge is 0.326 e. The Morgan fingerprint density at radius 1 is 1.29 bits per heavy atom. The van der Waals surface area contributed by atoms with Gasteiger partial charge in [0.15, 0.2) is 0 Å². The summed E-state index contributed by atoms with van der Waals surface area (Å²) < 4.78 is 50.3. The van der Waals surface area contributed by atoms with E-state index in [9.17, 15) is 16.8 Å². The van der Waals surface area contributed by atoms with Gasteiger partial charge in [-0.25, -0.2) is 21.6 Å². The Kier molecular flexibility index (Phi) is 4.72. The summed E-state index contributed by atoms with van der Waals surface area (Å²) in [5, 5.41) is 0. The molecule has 1 fully saturated rings. The fraction of sp³-hybridized carbons (Fsp3) is 0.538. The summed E-state index contributed by atoms with van der Waals surface area (Å²) in [4.78, 5) is 0.207. The maximum absolute atomic E-state index is 12.4. The molecule has 0 amide bonds. The molecule has 0 unspecified atom stereocenters. The molecule has 6 nitrogen and oxygen atoms in total. The van der Waals surface area contributed by atoms with Crippen molar-refractivity contribution in [2.45, 2.75) is 37.2 Å². The molecule has 1 aliphatic rings. The number of hydrogen-bond acceptors (Lipinski definition) is 5. The molecule has 21 heavy (non-hydrogen) atoms. The highest BCUT2D eigenvalue weighted by Gasteiger charge is 2.28. The van der Waals surface area contributed by atoms with Crippen LogP contribution in [0.4, 0.5) is 0 Å². The number of sulfonamides is 1. The van der Waals surface area contributed by atoms with Crippen molar-refractivity contribution in [1.82, 2.24) is 4.72 Å². The highest BCUT2D eigenvalue weighted by Crippen LogP contribution is 2.20. The van der Waals surface area contributed by atoms with E-state index in [1.807, 2.05) is 0 Å². The molecule has 1 aromatic rings. The standard InChI is InChI=1S/C13H20N2O4S2/c1-10-2-3-11(9-14)8-13(10)21(18,19)15-12-4-6-20(16,17)7-5-12/h2-3,8,12,15H,4-7,9,14H2,1H3. The van der Waals surface area contributed by atoms with Gasteiger partial charge in [-0.3, -0.25) is 0 Å². The molecule has 8 heteroatoms. The van der Waals surface area contributed by atoms with Crippen LogP contribution in [0.25, 0.3) is 0 Å². The average molecular weight is 332 g/mol. The van der Waals surface area contributed by atoms with Crippen molar-refractivity contribution >= 4 is 19.9 Å². The first-order valence-corrected chi connectivity index (χ1v) is 10.1. The number of benzene rings is 1. The van der Waals surface area contributed by atoms with Crippen molar-refractivity contribution < 1.29 is 16.8 Å². The van der Waals surface area contributed by atoms with Gasteiger partial charge >= 0.3 is 0 Å². The topological polar surface area (TPSA) is 106 Å². The van der Waals surface area contributed by atoms with Crippen LogP contribution in [0.5, 0.6) is 0 Å². The van der Waals surface area contributed by atoms with Crippen LogP contribution in [0, 0.1) is 6.92 Å². The van der Waals surface area contributed by atoms with Crippen molar-refractivity contribution in [2.24, 2.45) is 5.73 Å². The minimum atomic E-state index is -3.66. The van der Waals surface area contributed by atoms with E-state index in [4.69, 9.17) is 5.73 Å². The number of aryl methyl sites for hydroxylation is 1. The van der Waals surface area contributed by atoms with E-state index in [1.54, 1.807) is 25.1 Å². The third kappa shape index (κ3) is 4.03. The third-order valence-electron chi connectivity index (χ3n) is 3.65. The van der Waals surface area contributed by atoms with Gasteiger partial charge in [0.2, 0.25) is 10.0 Å². The number of hydrogen-bond donors (Lipinski definition) is 2. The van der Waals surface area contributed by atoms with E-state index < -0.39 is 19.9 Å². The van der Waals surface area contributed by atoms with Crippen LogP contribution in [0.15, 0.2) is 23.1 Å². The maximum atomic E-state index is 12.4. The van der Waals surface area contributed by atoms with E-state index >= 15 is 0 Å². The minimum Gasteiger partial charge on any atom is -0.326 e. The Labute approximate surface area is 125 Å². The fourth-order valence-electron chi connectivity index (χ4n) is 2.35. The fourth-order valence-corrected chi connectivity index (χ4v) is 5.44. The van der Waals surface area contributed by atoms with Crippen LogP contribution in [0.3, 0.4) is 0 Å². The summed E-state index contributed by atoms with van der Waals surface area (Å²) in [5.74, 6) is 0.0595. The summed E-state index contributed by atoms with van der Waals surface area (Å²) in [6, 6.07) is 4.75. The van der Waals surface area contributed by atoms with Crippen LogP contribution in [-0.2, 0) is 26.4 Å². The highest BCUT2D eigenvalue weighted by atomic mass is 32.2. The van der Waals surface area contributed by atoms with Crippen molar-refractivity contribution in [3.05, 3.63) is 29.3 Å². The Balaban J connectivity index is 2.19. The molecule has 0 aliphatic carbocycles. The molecule has 118 valence electrons. The normalized spacial score (nSPS) is 19.5. The lowest BCUT2D eigenvalue weighted by molar-refractivity contribution is 0.505. The van der Waals surface area contributed by atoms with E-state index in [0.29, 0.717) is 18.4 Å². The smallest absolute Gasteiger partial charge is 0.241 e. The van der Waals surface area contributed by atoms with Crippen molar-refractivity contribution in [2.75, 3.05) is 11.5 Å². The molecule has 0 bridgehead atoms. The van der Waals surface area contributed by atoms with Crippen LogP contribution in [0.2, 0.25) is 0 Å². The molecular weight excluding hydrogens is 312 g/mol. The van der Waals surface area contributed by atoms with Crippen molar-refractivity contribution in [1.29, 1.82) is 0 Å². The van der Waals surface area contributed by atoms with Crippen LogP contribution in [-0.4, -0.2) is 34.4 Å². The first-order valence-electron chi connectivity index (χ1n) is 6.76. The second-order valence-electron chi connectivity index (χ2n) is 5.35. The summed E-state index contributed by atoms with van der Waals surface area (Å²) in [6.45, 7) is 1.99. The number of nitrogens with two attached hydrogens (primary N) is 1. The van der Waals surface area contributed by atoms with Gasteiger partial charge in [0.25, 0.3) is 0 Å². The maximum Gasteiger partial charge on any atom is 0.241 e. The molecular formula is C13H20N2O4S2. The SMILES string of the molecule is Cc1ccc(CN)cc1S(=O)(=O)NC1CCS(=O)(=O)CC1. The quantitative estimate of drug-likeness (QED) is 0.825. The molecule has 1 aliphatic heterocycles. The number of rotatable bonds is 4. The predicted molar refractivity (Wildman–Crippen MR) is 81.1 cm³/mol. The van der Waals surface area contributed by atoms with Gasteiger partial charge in [0.1, 0.15) is 9.84 Å². The van der Waals surface area contributed by atoms with Gasteiger partial charge in [0.05, 0.1) is 16.4 Å². The lowest BCUT2D eigenvalue weighted by Gasteiger charge is -2.23. The Hall–Kier alpha value is -0.960. The summed E-state index contributed by atoms with van der Waals surface area (Å²) in [7, 11) is -6.67. The Morgan fingerprint density at radius 2 is 1.90 bits per heavy atom. The third-order valence-corrected chi connectivity index (χ3v) is 7.03. The Morgan fingerprint density at radius 3 is 2.48 bits per heavy atom. The van der Waals surface area contributed by atoms with E-state index in [1.165, 1.54) is 0 Å². The van der Waals surface area contributed by atoms with Gasteiger partial charge < -0.3 is 5.73 Å². The lowest BCUT2D eigenvalue weighted by atomic mass is 10.1. The minimum absolute atomic E-state index is 0.0298. The van der Waals surface area contributed by atoms with Crippen LogP contribution in [0.1, 0.15) is 24.0 Å². The molecule has 0 aromatic heterocycles. The molecule has 0 saturated carbocycles. The zero-order valence-corrected chi connectivity index (χ0v) is 13.5. The lowest BCUT2D eigenvalue weighted by Crippen LogP contribution is -2.41. The zero-order chi connectivity index (χ0) is 15.7. The molecule has 0 spiro atoms.